The molecule has 0 saturated heterocycles. The first-order chi connectivity index (χ1) is 8.20. The van der Waals surface area contributed by atoms with Gasteiger partial charge in [-0.25, -0.2) is 0 Å². The van der Waals surface area contributed by atoms with E-state index in [1.54, 1.807) is 18.3 Å². The predicted octanol–water partition coefficient (Wildman–Crippen LogP) is 2.08. The fraction of sp³-hybridized carbons (Fsp3) is 0.250. The molecule has 1 heterocycles. The number of rotatable bonds is 4. The van der Waals surface area contributed by atoms with E-state index in [0.717, 1.165) is 16.6 Å². The van der Waals surface area contributed by atoms with Gasteiger partial charge in [-0.1, -0.05) is 11.6 Å². The maximum absolute atomic E-state index is 9.29. The van der Waals surface area contributed by atoms with Crippen LogP contribution in [0.5, 0.6) is 0 Å². The summed E-state index contributed by atoms with van der Waals surface area (Å²) in [6.45, 7) is 0.0279. The molecule has 2 rings (SSSR count). The summed E-state index contributed by atoms with van der Waals surface area (Å²) in [5, 5.41) is 22.7. The number of fused-ring (bicyclic) bond motifs is 1. The first-order valence-corrected chi connectivity index (χ1v) is 5.65. The van der Waals surface area contributed by atoms with E-state index in [1.165, 1.54) is 0 Å². The van der Waals surface area contributed by atoms with Gasteiger partial charge in [-0.3, -0.25) is 4.98 Å². The molecular formula is C12H14Cl2N2O2. The zero-order valence-electron chi connectivity index (χ0n) is 9.51. The van der Waals surface area contributed by atoms with Crippen molar-refractivity contribution in [1.29, 1.82) is 0 Å². The lowest BCUT2D eigenvalue weighted by Crippen LogP contribution is -2.23. The van der Waals surface area contributed by atoms with Crippen molar-refractivity contribution in [1.82, 2.24) is 4.98 Å². The van der Waals surface area contributed by atoms with Crippen LogP contribution in [0, 0.1) is 0 Å². The summed E-state index contributed by atoms with van der Waals surface area (Å²) in [4.78, 5) is 4.21. The molecule has 1 unspecified atom stereocenters. The van der Waals surface area contributed by atoms with Gasteiger partial charge in [-0.2, -0.15) is 0 Å². The Bertz CT molecular complexity index is 522. The zero-order valence-corrected chi connectivity index (χ0v) is 11.1. The average molecular weight is 289 g/mol. The van der Waals surface area contributed by atoms with Crippen molar-refractivity contribution in [2.24, 2.45) is 0 Å². The molecule has 0 aliphatic heterocycles. The van der Waals surface area contributed by atoms with E-state index in [1.807, 2.05) is 12.1 Å². The number of nitrogens with zero attached hydrogens (tertiary/aromatic N) is 1. The quantitative estimate of drug-likeness (QED) is 0.806. The number of halogens is 2. The lowest BCUT2D eigenvalue weighted by atomic mass is 10.2. The molecular weight excluding hydrogens is 275 g/mol. The van der Waals surface area contributed by atoms with Crippen LogP contribution in [0.15, 0.2) is 30.5 Å². The smallest absolute Gasteiger partial charge is 0.0942 e. The summed E-state index contributed by atoms with van der Waals surface area (Å²) >= 11 is 5.89. The van der Waals surface area contributed by atoms with Crippen LogP contribution in [0.2, 0.25) is 5.02 Å². The molecule has 3 N–H and O–H groups in total. The first-order valence-electron chi connectivity index (χ1n) is 5.28. The third-order valence-corrected chi connectivity index (χ3v) is 2.68. The van der Waals surface area contributed by atoms with Gasteiger partial charge in [-0.05, 0) is 24.3 Å². The van der Waals surface area contributed by atoms with Gasteiger partial charge >= 0.3 is 0 Å². The highest BCUT2D eigenvalue weighted by Crippen LogP contribution is 2.24. The standard InChI is InChI=1S/C12H13ClN2O2.ClH/c13-8-1-2-10-11(15-6-9(17)7-16)3-4-14-12(10)5-8;/h1-5,9,16-17H,6-7H2,(H,14,15);1H. The van der Waals surface area contributed by atoms with Crippen molar-refractivity contribution in [3.8, 4) is 0 Å². The first kappa shape index (κ1) is 15.0. The van der Waals surface area contributed by atoms with Crippen LogP contribution in [0.25, 0.3) is 10.9 Å². The second-order valence-electron chi connectivity index (χ2n) is 3.74. The molecule has 2 aromatic rings. The number of anilines is 1. The Kier molecular flexibility index (Phi) is 5.62. The highest BCUT2D eigenvalue weighted by molar-refractivity contribution is 6.31. The summed E-state index contributed by atoms with van der Waals surface area (Å²) in [5.41, 5.74) is 1.65. The lowest BCUT2D eigenvalue weighted by Gasteiger charge is -2.12. The van der Waals surface area contributed by atoms with E-state index in [4.69, 9.17) is 16.7 Å². The number of aliphatic hydroxyl groups is 2. The molecule has 1 aromatic heterocycles. The molecule has 0 radical (unpaired) electrons. The van der Waals surface area contributed by atoms with Gasteiger partial charge < -0.3 is 15.5 Å². The van der Waals surface area contributed by atoms with E-state index in [-0.39, 0.29) is 25.6 Å². The Balaban J connectivity index is 0.00000162. The van der Waals surface area contributed by atoms with Crippen molar-refractivity contribution in [2.45, 2.75) is 6.10 Å². The molecule has 0 aliphatic rings. The Hall–Kier alpha value is -1.07. The van der Waals surface area contributed by atoms with Crippen molar-refractivity contribution in [3.63, 3.8) is 0 Å². The van der Waals surface area contributed by atoms with Crippen molar-refractivity contribution in [3.05, 3.63) is 35.5 Å². The van der Waals surface area contributed by atoms with Gasteiger partial charge in [0.2, 0.25) is 0 Å². The second kappa shape index (κ2) is 6.75. The van der Waals surface area contributed by atoms with E-state index in [2.05, 4.69) is 10.3 Å². The third-order valence-electron chi connectivity index (χ3n) is 2.44. The fourth-order valence-corrected chi connectivity index (χ4v) is 1.73. The Labute approximate surface area is 116 Å². The molecule has 0 aliphatic carbocycles. The number of hydrogen-bond donors (Lipinski definition) is 3. The molecule has 0 fully saturated rings. The van der Waals surface area contributed by atoms with Crippen LogP contribution < -0.4 is 5.32 Å². The van der Waals surface area contributed by atoms with E-state index in [0.29, 0.717) is 5.02 Å². The topological polar surface area (TPSA) is 65.4 Å². The second-order valence-corrected chi connectivity index (χ2v) is 4.17. The van der Waals surface area contributed by atoms with Gasteiger partial charge in [0, 0.05) is 28.8 Å². The molecule has 1 atom stereocenters. The Morgan fingerprint density at radius 3 is 2.83 bits per heavy atom. The lowest BCUT2D eigenvalue weighted by molar-refractivity contribution is 0.105. The van der Waals surface area contributed by atoms with Gasteiger partial charge in [0.1, 0.15) is 0 Å². The molecule has 98 valence electrons. The average Bonchev–Trinajstić information content (AvgIpc) is 2.35. The normalized spacial score (nSPS) is 11.9. The number of aromatic nitrogens is 1. The SMILES string of the molecule is Cl.OCC(O)CNc1ccnc2cc(Cl)ccc12. The van der Waals surface area contributed by atoms with Crippen LogP contribution in [0.4, 0.5) is 5.69 Å². The largest absolute Gasteiger partial charge is 0.394 e. The molecule has 1 aromatic carbocycles. The van der Waals surface area contributed by atoms with Gasteiger partial charge in [0.25, 0.3) is 0 Å². The number of aliphatic hydroxyl groups excluding tert-OH is 2. The molecule has 0 amide bonds. The van der Waals surface area contributed by atoms with Gasteiger partial charge in [0.05, 0.1) is 18.2 Å². The van der Waals surface area contributed by atoms with Crippen LogP contribution in [0.3, 0.4) is 0 Å². The maximum Gasteiger partial charge on any atom is 0.0942 e. The Morgan fingerprint density at radius 1 is 1.33 bits per heavy atom. The number of nitrogens with one attached hydrogen (secondary N) is 1. The monoisotopic (exact) mass is 288 g/mol. The molecule has 0 saturated carbocycles. The highest BCUT2D eigenvalue weighted by atomic mass is 35.5. The fourth-order valence-electron chi connectivity index (χ4n) is 1.57. The summed E-state index contributed by atoms with van der Waals surface area (Å²) in [5.74, 6) is 0. The highest BCUT2D eigenvalue weighted by Gasteiger charge is 2.05. The summed E-state index contributed by atoms with van der Waals surface area (Å²) in [7, 11) is 0. The summed E-state index contributed by atoms with van der Waals surface area (Å²) < 4.78 is 0. The Morgan fingerprint density at radius 2 is 2.11 bits per heavy atom. The number of benzene rings is 1. The maximum atomic E-state index is 9.29. The van der Waals surface area contributed by atoms with E-state index >= 15 is 0 Å². The minimum absolute atomic E-state index is 0. The van der Waals surface area contributed by atoms with Crippen LogP contribution in [0.1, 0.15) is 0 Å². The molecule has 18 heavy (non-hydrogen) atoms. The zero-order chi connectivity index (χ0) is 12.3. The minimum Gasteiger partial charge on any atom is -0.394 e. The van der Waals surface area contributed by atoms with Crippen molar-refractivity contribution >= 4 is 40.6 Å². The molecule has 0 spiro atoms. The van der Waals surface area contributed by atoms with Crippen molar-refractivity contribution in [2.75, 3.05) is 18.5 Å². The van der Waals surface area contributed by atoms with Crippen LogP contribution >= 0.6 is 24.0 Å². The van der Waals surface area contributed by atoms with Gasteiger partial charge in [0.15, 0.2) is 0 Å². The van der Waals surface area contributed by atoms with Crippen molar-refractivity contribution < 1.29 is 10.2 Å². The number of pyridine rings is 1. The van der Waals surface area contributed by atoms with E-state index < -0.39 is 6.10 Å². The minimum atomic E-state index is -0.773. The van der Waals surface area contributed by atoms with E-state index in [9.17, 15) is 5.11 Å². The summed E-state index contributed by atoms with van der Waals surface area (Å²) in [6, 6.07) is 7.27. The molecule has 6 heteroatoms. The predicted molar refractivity (Wildman–Crippen MR) is 75.6 cm³/mol. The van der Waals surface area contributed by atoms with Crippen LogP contribution in [-0.4, -0.2) is 34.5 Å². The van der Waals surface area contributed by atoms with Crippen LogP contribution in [-0.2, 0) is 0 Å². The summed E-state index contributed by atoms with van der Waals surface area (Å²) in [6.07, 6.45) is 0.900. The molecule has 4 nitrogen and oxygen atoms in total. The van der Waals surface area contributed by atoms with Gasteiger partial charge in [-0.15, -0.1) is 12.4 Å². The molecule has 0 bridgehead atoms. The third kappa shape index (κ3) is 3.46. The number of hydrogen-bond acceptors (Lipinski definition) is 4.